The highest BCUT2D eigenvalue weighted by Gasteiger charge is 2.23. The molecular weight excluding hydrogens is 290 g/mol. The number of aryl methyl sites for hydroxylation is 1. The minimum atomic E-state index is -0.0967. The van der Waals surface area contributed by atoms with Gasteiger partial charge in [0.05, 0.1) is 5.69 Å². The lowest BCUT2D eigenvalue weighted by Gasteiger charge is -2.34. The van der Waals surface area contributed by atoms with Crippen LogP contribution in [0.3, 0.4) is 0 Å². The molecule has 1 fully saturated rings. The Balaban J connectivity index is 1.87. The van der Waals surface area contributed by atoms with Crippen LogP contribution in [0.1, 0.15) is 38.3 Å². The van der Waals surface area contributed by atoms with Crippen LogP contribution in [0.15, 0.2) is 24.8 Å². The van der Waals surface area contributed by atoms with E-state index >= 15 is 0 Å². The van der Waals surface area contributed by atoms with E-state index in [1.54, 1.807) is 0 Å². The summed E-state index contributed by atoms with van der Waals surface area (Å²) in [7, 11) is 0. The number of aromatic nitrogens is 2. The molecule has 0 bridgehead atoms. The summed E-state index contributed by atoms with van der Waals surface area (Å²) in [6.45, 7) is 9.44. The minimum absolute atomic E-state index is 0.0967. The van der Waals surface area contributed by atoms with E-state index in [9.17, 15) is 4.79 Å². The second-order valence-electron chi connectivity index (χ2n) is 6.07. The van der Waals surface area contributed by atoms with Gasteiger partial charge in [0.1, 0.15) is 0 Å². The summed E-state index contributed by atoms with van der Waals surface area (Å²) in [4.78, 5) is 14.3. The predicted octanol–water partition coefficient (Wildman–Crippen LogP) is 2.41. The molecule has 6 heteroatoms. The fourth-order valence-corrected chi connectivity index (χ4v) is 2.80. The SMILES string of the molecule is C=CC[C@@H](CC)NC(=O)N[C@@H]1CCCN(c2ccc(C)nn2)C1. The first kappa shape index (κ1) is 17.2. The average Bonchev–Trinajstić information content (AvgIpc) is 2.55. The number of carbonyl (C=O) groups excluding carboxylic acids is 1. The smallest absolute Gasteiger partial charge is 0.315 e. The second-order valence-corrected chi connectivity index (χ2v) is 6.07. The molecule has 0 aromatic carbocycles. The van der Waals surface area contributed by atoms with Crippen molar-refractivity contribution in [1.29, 1.82) is 0 Å². The molecule has 1 aliphatic rings. The van der Waals surface area contributed by atoms with Crippen molar-refractivity contribution in [2.45, 2.75) is 51.6 Å². The molecule has 23 heavy (non-hydrogen) atoms. The fourth-order valence-electron chi connectivity index (χ4n) is 2.80. The number of carbonyl (C=O) groups is 1. The van der Waals surface area contributed by atoms with Gasteiger partial charge < -0.3 is 15.5 Å². The van der Waals surface area contributed by atoms with E-state index in [4.69, 9.17) is 0 Å². The highest BCUT2D eigenvalue weighted by atomic mass is 16.2. The highest BCUT2D eigenvalue weighted by Crippen LogP contribution is 2.17. The van der Waals surface area contributed by atoms with Crippen LogP contribution in [0, 0.1) is 6.92 Å². The topological polar surface area (TPSA) is 70.2 Å². The number of hydrogen-bond acceptors (Lipinski definition) is 4. The normalized spacial score (nSPS) is 19.0. The molecule has 6 nitrogen and oxygen atoms in total. The molecule has 1 saturated heterocycles. The van der Waals surface area contributed by atoms with Gasteiger partial charge in [-0.05, 0) is 44.7 Å². The maximum atomic E-state index is 12.1. The molecule has 0 aliphatic carbocycles. The van der Waals surface area contributed by atoms with E-state index in [2.05, 4.69) is 39.2 Å². The summed E-state index contributed by atoms with van der Waals surface area (Å²) in [6.07, 6.45) is 5.55. The standard InChI is InChI=1S/C17H27N5O/c1-4-7-14(5-2)18-17(23)19-15-8-6-11-22(12-15)16-10-9-13(3)20-21-16/h4,9-10,14-15H,1,5-8,11-12H2,2-3H3,(H2,18,19,23)/t14-,15-/m1/s1. The van der Waals surface area contributed by atoms with E-state index in [1.807, 2.05) is 25.1 Å². The fraction of sp³-hybridized carbons (Fsp3) is 0.588. The quantitative estimate of drug-likeness (QED) is 0.791. The van der Waals surface area contributed by atoms with Crippen LogP contribution in [-0.2, 0) is 0 Å². The number of rotatable bonds is 6. The lowest BCUT2D eigenvalue weighted by atomic mass is 10.1. The van der Waals surface area contributed by atoms with Crippen LogP contribution in [0.2, 0.25) is 0 Å². The molecule has 2 rings (SSSR count). The van der Waals surface area contributed by atoms with Crippen LogP contribution in [0.4, 0.5) is 10.6 Å². The van der Waals surface area contributed by atoms with Crippen molar-refractivity contribution in [3.8, 4) is 0 Å². The molecule has 0 spiro atoms. The molecule has 126 valence electrons. The van der Waals surface area contributed by atoms with Crippen LogP contribution in [-0.4, -0.2) is 41.4 Å². The van der Waals surface area contributed by atoms with E-state index in [0.29, 0.717) is 0 Å². The molecule has 1 aliphatic heterocycles. The number of anilines is 1. The van der Waals surface area contributed by atoms with Crippen molar-refractivity contribution < 1.29 is 4.79 Å². The van der Waals surface area contributed by atoms with Crippen molar-refractivity contribution >= 4 is 11.8 Å². The Morgan fingerprint density at radius 1 is 1.52 bits per heavy atom. The van der Waals surface area contributed by atoms with Gasteiger partial charge in [-0.1, -0.05) is 13.0 Å². The summed E-state index contributed by atoms with van der Waals surface area (Å²) in [5.41, 5.74) is 0.910. The first-order valence-corrected chi connectivity index (χ1v) is 8.35. The van der Waals surface area contributed by atoms with Gasteiger partial charge in [0, 0.05) is 25.2 Å². The lowest BCUT2D eigenvalue weighted by molar-refractivity contribution is 0.230. The largest absolute Gasteiger partial charge is 0.353 e. The Bertz CT molecular complexity index is 516. The molecule has 1 aromatic rings. The molecule has 2 N–H and O–H groups in total. The van der Waals surface area contributed by atoms with Crippen LogP contribution < -0.4 is 15.5 Å². The summed E-state index contributed by atoms with van der Waals surface area (Å²) in [5.74, 6) is 0.876. The van der Waals surface area contributed by atoms with Gasteiger partial charge in [0.15, 0.2) is 5.82 Å². The summed E-state index contributed by atoms with van der Waals surface area (Å²) < 4.78 is 0. The second kappa shape index (κ2) is 8.50. The Kier molecular flexibility index (Phi) is 6.38. The van der Waals surface area contributed by atoms with Crippen LogP contribution in [0.5, 0.6) is 0 Å². The number of nitrogens with zero attached hydrogens (tertiary/aromatic N) is 3. The van der Waals surface area contributed by atoms with Crippen LogP contribution in [0.25, 0.3) is 0 Å². The zero-order valence-corrected chi connectivity index (χ0v) is 14.1. The van der Waals surface area contributed by atoms with E-state index in [0.717, 1.165) is 50.3 Å². The number of piperidine rings is 1. The molecule has 0 saturated carbocycles. The number of hydrogen-bond donors (Lipinski definition) is 2. The summed E-state index contributed by atoms with van der Waals surface area (Å²) in [6, 6.07) is 4.14. The van der Waals surface area contributed by atoms with Gasteiger partial charge in [0.2, 0.25) is 0 Å². The summed E-state index contributed by atoms with van der Waals surface area (Å²) in [5, 5.41) is 14.4. The van der Waals surface area contributed by atoms with Gasteiger partial charge >= 0.3 is 6.03 Å². The monoisotopic (exact) mass is 317 g/mol. The third-order valence-electron chi connectivity index (χ3n) is 4.14. The van der Waals surface area contributed by atoms with Crippen molar-refractivity contribution in [1.82, 2.24) is 20.8 Å². The molecule has 0 radical (unpaired) electrons. The maximum Gasteiger partial charge on any atom is 0.315 e. The van der Waals surface area contributed by atoms with Crippen molar-refractivity contribution in [2.75, 3.05) is 18.0 Å². The van der Waals surface area contributed by atoms with Crippen molar-refractivity contribution in [2.24, 2.45) is 0 Å². The molecule has 0 unspecified atom stereocenters. The first-order valence-electron chi connectivity index (χ1n) is 8.35. The Hall–Kier alpha value is -2.11. The maximum absolute atomic E-state index is 12.1. The summed E-state index contributed by atoms with van der Waals surface area (Å²) >= 11 is 0. The van der Waals surface area contributed by atoms with Crippen molar-refractivity contribution in [3.63, 3.8) is 0 Å². The first-order chi connectivity index (χ1) is 11.1. The number of amides is 2. The van der Waals surface area contributed by atoms with Crippen LogP contribution >= 0.6 is 0 Å². The Labute approximate surface area is 138 Å². The zero-order chi connectivity index (χ0) is 16.7. The van der Waals surface area contributed by atoms with E-state index in [-0.39, 0.29) is 18.1 Å². The molecular formula is C17H27N5O. The molecule has 2 heterocycles. The van der Waals surface area contributed by atoms with Gasteiger partial charge in [-0.2, -0.15) is 5.10 Å². The number of urea groups is 1. The highest BCUT2D eigenvalue weighted by molar-refractivity contribution is 5.74. The van der Waals surface area contributed by atoms with Gasteiger partial charge in [-0.25, -0.2) is 4.79 Å². The van der Waals surface area contributed by atoms with Gasteiger partial charge in [0.25, 0.3) is 0 Å². The van der Waals surface area contributed by atoms with E-state index in [1.165, 1.54) is 0 Å². The third kappa shape index (κ3) is 5.23. The van der Waals surface area contributed by atoms with Crippen molar-refractivity contribution in [3.05, 3.63) is 30.5 Å². The predicted molar refractivity (Wildman–Crippen MR) is 92.6 cm³/mol. The Morgan fingerprint density at radius 3 is 3.00 bits per heavy atom. The van der Waals surface area contributed by atoms with Gasteiger partial charge in [-0.15, -0.1) is 11.7 Å². The molecule has 2 amide bonds. The zero-order valence-electron chi connectivity index (χ0n) is 14.1. The van der Waals surface area contributed by atoms with Gasteiger partial charge in [-0.3, -0.25) is 0 Å². The third-order valence-corrected chi connectivity index (χ3v) is 4.14. The van der Waals surface area contributed by atoms with E-state index < -0.39 is 0 Å². The Morgan fingerprint density at radius 2 is 2.35 bits per heavy atom. The molecule has 2 atom stereocenters. The lowest BCUT2D eigenvalue weighted by Crippen LogP contribution is -2.52. The average molecular weight is 317 g/mol. The number of nitrogens with one attached hydrogen (secondary N) is 2. The minimum Gasteiger partial charge on any atom is -0.353 e. The molecule has 1 aromatic heterocycles.